The van der Waals surface area contributed by atoms with E-state index < -0.39 is 17.8 Å². The maximum atomic E-state index is 12.1. The Balaban J connectivity index is 1.95. The van der Waals surface area contributed by atoms with Crippen molar-refractivity contribution in [2.24, 2.45) is 11.8 Å². The van der Waals surface area contributed by atoms with Crippen molar-refractivity contribution in [2.75, 3.05) is 0 Å². The zero-order valence-corrected chi connectivity index (χ0v) is 18.0. The van der Waals surface area contributed by atoms with Gasteiger partial charge in [-0.25, -0.2) is 0 Å². The highest BCUT2D eigenvalue weighted by Crippen LogP contribution is 2.31. The van der Waals surface area contributed by atoms with E-state index in [2.05, 4.69) is 6.92 Å². The zero-order valence-electron chi connectivity index (χ0n) is 18.0. The van der Waals surface area contributed by atoms with Gasteiger partial charge in [-0.2, -0.15) is 0 Å². The zero-order chi connectivity index (χ0) is 20.5. The molecule has 162 valence electrons. The molecule has 0 aromatic rings. The van der Waals surface area contributed by atoms with Crippen molar-refractivity contribution in [1.82, 2.24) is 0 Å². The van der Waals surface area contributed by atoms with E-state index in [0.717, 1.165) is 25.7 Å². The first-order valence-corrected chi connectivity index (χ1v) is 11.7. The van der Waals surface area contributed by atoms with E-state index in [9.17, 15) is 14.7 Å². The fourth-order valence-electron chi connectivity index (χ4n) is 4.08. The molecule has 0 aromatic carbocycles. The minimum absolute atomic E-state index is 0.377. The number of carbonyl (C=O) groups is 2. The van der Waals surface area contributed by atoms with Crippen LogP contribution in [0.2, 0.25) is 0 Å². The van der Waals surface area contributed by atoms with Crippen LogP contribution in [0.5, 0.6) is 0 Å². The summed E-state index contributed by atoms with van der Waals surface area (Å²) in [5.41, 5.74) is 0. The summed E-state index contributed by atoms with van der Waals surface area (Å²) < 4.78 is 5.19. The molecule has 1 fully saturated rings. The highest BCUT2D eigenvalue weighted by molar-refractivity contribution is 5.81. The molecule has 1 rings (SSSR count). The van der Waals surface area contributed by atoms with Crippen molar-refractivity contribution < 1.29 is 19.4 Å². The molecule has 1 saturated carbocycles. The Morgan fingerprint density at radius 2 is 1.32 bits per heavy atom. The second-order valence-corrected chi connectivity index (χ2v) is 8.32. The van der Waals surface area contributed by atoms with Crippen LogP contribution in [0.25, 0.3) is 0 Å². The summed E-state index contributed by atoms with van der Waals surface area (Å²) >= 11 is 0. The van der Waals surface area contributed by atoms with E-state index in [1.165, 1.54) is 76.9 Å². The van der Waals surface area contributed by atoms with Gasteiger partial charge >= 0.3 is 11.9 Å². The average Bonchev–Trinajstić information content (AvgIpc) is 2.70. The molecule has 0 amide bonds. The molecule has 2 atom stereocenters. The topological polar surface area (TPSA) is 63.6 Å². The third-order valence-corrected chi connectivity index (χ3v) is 5.89. The van der Waals surface area contributed by atoms with Crippen LogP contribution < -0.4 is 0 Å². The Labute approximate surface area is 172 Å². The van der Waals surface area contributed by atoms with Crippen molar-refractivity contribution in [2.45, 2.75) is 116 Å². The van der Waals surface area contributed by atoms with Crippen LogP contribution >= 0.6 is 0 Å². The van der Waals surface area contributed by atoms with Crippen LogP contribution in [0.4, 0.5) is 0 Å². The number of allylic oxidation sites excluding steroid dienone is 1. The maximum absolute atomic E-state index is 12.1. The van der Waals surface area contributed by atoms with Crippen molar-refractivity contribution in [3.05, 3.63) is 12.3 Å². The second kappa shape index (κ2) is 16.6. The monoisotopic (exact) mass is 394 g/mol. The molecule has 1 N–H and O–H groups in total. The maximum Gasteiger partial charge on any atom is 0.314 e. The lowest BCUT2D eigenvalue weighted by atomic mass is 9.79. The predicted molar refractivity (Wildman–Crippen MR) is 114 cm³/mol. The summed E-state index contributed by atoms with van der Waals surface area (Å²) in [7, 11) is 0. The molecule has 0 aromatic heterocycles. The van der Waals surface area contributed by atoms with Crippen molar-refractivity contribution in [1.29, 1.82) is 0 Å². The van der Waals surface area contributed by atoms with Gasteiger partial charge in [-0.05, 0) is 31.8 Å². The van der Waals surface area contributed by atoms with Crippen molar-refractivity contribution in [3.63, 3.8) is 0 Å². The molecule has 4 nitrogen and oxygen atoms in total. The molecular weight excluding hydrogens is 352 g/mol. The summed E-state index contributed by atoms with van der Waals surface area (Å²) in [4.78, 5) is 23.4. The van der Waals surface area contributed by atoms with Gasteiger partial charge in [0.1, 0.15) is 0 Å². The van der Waals surface area contributed by atoms with Gasteiger partial charge < -0.3 is 9.84 Å². The second-order valence-electron chi connectivity index (χ2n) is 8.32. The first-order valence-electron chi connectivity index (χ1n) is 11.7. The fraction of sp³-hybridized carbons (Fsp3) is 0.833. The standard InChI is InChI=1S/C24H42O4/c1-2-3-4-5-6-7-8-9-10-11-12-13-14-17-20-28-24(27)22-19-16-15-18-21(22)23(25)26/h17,20-22H,2-16,18-19H2,1H3,(H,25,26)/b20-17+. The summed E-state index contributed by atoms with van der Waals surface area (Å²) in [5.74, 6) is -2.31. The van der Waals surface area contributed by atoms with Gasteiger partial charge in [0.25, 0.3) is 0 Å². The molecule has 2 unspecified atom stereocenters. The summed E-state index contributed by atoms with van der Waals surface area (Å²) in [5, 5.41) is 9.24. The van der Waals surface area contributed by atoms with Gasteiger partial charge in [0, 0.05) is 0 Å². The SMILES string of the molecule is CCCCCCCCCCCCCC/C=C/OC(=O)C1CCCCC1C(=O)O. The third kappa shape index (κ3) is 11.5. The number of carboxylic acids is 1. The summed E-state index contributed by atoms with van der Waals surface area (Å²) in [6.07, 6.45) is 23.3. The van der Waals surface area contributed by atoms with Gasteiger partial charge in [0.2, 0.25) is 0 Å². The quantitative estimate of drug-likeness (QED) is 0.173. The van der Waals surface area contributed by atoms with Crippen molar-refractivity contribution >= 4 is 11.9 Å². The normalized spacial score (nSPS) is 19.8. The van der Waals surface area contributed by atoms with E-state index >= 15 is 0 Å². The lowest BCUT2D eigenvalue weighted by Crippen LogP contribution is -2.33. The molecule has 0 aliphatic heterocycles. The predicted octanol–water partition coefficient (Wildman–Crippen LogP) is 7.03. The van der Waals surface area contributed by atoms with Crippen LogP contribution in [0.3, 0.4) is 0 Å². The van der Waals surface area contributed by atoms with Crippen LogP contribution in [-0.4, -0.2) is 17.0 Å². The molecule has 0 bridgehead atoms. The van der Waals surface area contributed by atoms with Gasteiger partial charge in [-0.1, -0.05) is 90.4 Å². The third-order valence-electron chi connectivity index (χ3n) is 5.89. The number of carboxylic acid groups (broad SMARTS) is 1. The average molecular weight is 395 g/mol. The first-order chi connectivity index (χ1) is 13.7. The molecule has 0 radical (unpaired) electrons. The molecule has 0 heterocycles. The number of ether oxygens (including phenoxy) is 1. The Bertz CT molecular complexity index is 444. The number of aliphatic carboxylic acids is 1. The minimum atomic E-state index is -0.873. The van der Waals surface area contributed by atoms with Gasteiger partial charge in [0.05, 0.1) is 18.1 Å². The molecule has 28 heavy (non-hydrogen) atoms. The smallest absolute Gasteiger partial charge is 0.314 e. The fourth-order valence-corrected chi connectivity index (χ4v) is 4.08. The number of rotatable bonds is 16. The Hall–Kier alpha value is -1.32. The Kier molecular flexibility index (Phi) is 14.7. The van der Waals surface area contributed by atoms with E-state index in [1.807, 2.05) is 6.08 Å². The highest BCUT2D eigenvalue weighted by Gasteiger charge is 2.36. The minimum Gasteiger partial charge on any atom is -0.481 e. The first kappa shape index (κ1) is 24.7. The number of hydrogen-bond acceptors (Lipinski definition) is 3. The molecule has 4 heteroatoms. The Morgan fingerprint density at radius 1 is 0.821 bits per heavy atom. The summed E-state index contributed by atoms with van der Waals surface area (Å²) in [6, 6.07) is 0. The van der Waals surface area contributed by atoms with E-state index in [4.69, 9.17) is 4.74 Å². The van der Waals surface area contributed by atoms with E-state index in [1.54, 1.807) is 0 Å². The lowest BCUT2D eigenvalue weighted by Gasteiger charge is -2.25. The van der Waals surface area contributed by atoms with Crippen LogP contribution in [0.15, 0.2) is 12.3 Å². The lowest BCUT2D eigenvalue weighted by molar-refractivity contribution is -0.156. The molecule has 1 aliphatic carbocycles. The molecule has 1 aliphatic rings. The van der Waals surface area contributed by atoms with Gasteiger partial charge in [0.15, 0.2) is 0 Å². The van der Waals surface area contributed by atoms with Crippen LogP contribution in [-0.2, 0) is 14.3 Å². The van der Waals surface area contributed by atoms with E-state index in [-0.39, 0.29) is 5.97 Å². The Morgan fingerprint density at radius 3 is 1.86 bits per heavy atom. The molecule has 0 saturated heterocycles. The molecular formula is C24H42O4. The largest absolute Gasteiger partial charge is 0.481 e. The van der Waals surface area contributed by atoms with Gasteiger partial charge in [-0.15, -0.1) is 0 Å². The highest BCUT2D eigenvalue weighted by atomic mass is 16.5. The number of hydrogen-bond donors (Lipinski definition) is 1. The summed E-state index contributed by atoms with van der Waals surface area (Å²) in [6.45, 7) is 2.26. The number of carbonyl (C=O) groups excluding carboxylic acids is 1. The van der Waals surface area contributed by atoms with Gasteiger partial charge in [-0.3, -0.25) is 9.59 Å². The van der Waals surface area contributed by atoms with Crippen LogP contribution in [0.1, 0.15) is 116 Å². The molecule has 0 spiro atoms. The van der Waals surface area contributed by atoms with E-state index in [0.29, 0.717) is 12.8 Å². The number of unbranched alkanes of at least 4 members (excludes halogenated alkanes) is 12. The number of esters is 1. The van der Waals surface area contributed by atoms with Crippen molar-refractivity contribution in [3.8, 4) is 0 Å². The van der Waals surface area contributed by atoms with Crippen LogP contribution in [0, 0.1) is 11.8 Å².